The summed E-state index contributed by atoms with van der Waals surface area (Å²) >= 11 is 5.96. The third kappa shape index (κ3) is 3.21. The van der Waals surface area contributed by atoms with Gasteiger partial charge in [0.2, 0.25) is 0 Å². The van der Waals surface area contributed by atoms with Crippen molar-refractivity contribution in [2.45, 2.75) is 13.5 Å². The molecule has 0 atom stereocenters. The molecule has 2 aromatic heterocycles. The zero-order valence-corrected chi connectivity index (χ0v) is 14.2. The van der Waals surface area contributed by atoms with Gasteiger partial charge in [0.15, 0.2) is 5.56 Å². The molecule has 128 valence electrons. The summed E-state index contributed by atoms with van der Waals surface area (Å²) in [5.41, 5.74) is 0.00317. The zero-order valence-electron chi connectivity index (χ0n) is 13.4. The third-order valence-corrected chi connectivity index (χ3v) is 3.91. The number of aromatic nitrogens is 2. The van der Waals surface area contributed by atoms with Crippen LogP contribution in [0, 0.1) is 0 Å². The van der Waals surface area contributed by atoms with Crippen LogP contribution in [-0.4, -0.2) is 27.2 Å². The minimum absolute atomic E-state index is 0.0855. The van der Waals surface area contributed by atoms with Gasteiger partial charge in [-0.15, -0.1) is 0 Å². The van der Waals surface area contributed by atoms with Crippen LogP contribution in [0.15, 0.2) is 47.4 Å². The highest BCUT2D eigenvalue weighted by molar-refractivity contribution is 6.31. The monoisotopic (exact) mass is 358 g/mol. The van der Waals surface area contributed by atoms with E-state index < -0.39 is 22.8 Å². The van der Waals surface area contributed by atoms with Crippen molar-refractivity contribution in [1.82, 2.24) is 9.55 Å². The van der Waals surface area contributed by atoms with E-state index in [0.717, 1.165) is 5.56 Å². The number of hydrogen-bond acceptors (Lipinski definition) is 5. The van der Waals surface area contributed by atoms with Crippen molar-refractivity contribution in [2.24, 2.45) is 0 Å². The highest BCUT2D eigenvalue weighted by Gasteiger charge is 2.24. The van der Waals surface area contributed by atoms with Crippen molar-refractivity contribution in [2.75, 3.05) is 6.61 Å². The summed E-state index contributed by atoms with van der Waals surface area (Å²) < 4.78 is 6.23. The van der Waals surface area contributed by atoms with Crippen LogP contribution in [-0.2, 0) is 11.3 Å². The lowest BCUT2D eigenvalue weighted by Crippen LogP contribution is -2.29. The molecule has 0 aliphatic carbocycles. The molecule has 0 fully saturated rings. The molecule has 0 amide bonds. The molecule has 1 N–H and O–H groups in total. The van der Waals surface area contributed by atoms with E-state index in [-0.39, 0.29) is 29.2 Å². The number of nitrogens with zero attached hydrogens (tertiary/aromatic N) is 2. The van der Waals surface area contributed by atoms with Crippen molar-refractivity contribution in [3.05, 3.63) is 69.1 Å². The Labute approximate surface area is 148 Å². The molecule has 7 heteroatoms. The summed E-state index contributed by atoms with van der Waals surface area (Å²) in [5, 5.41) is 10.9. The Morgan fingerprint density at radius 1 is 1.32 bits per heavy atom. The second-order valence-corrected chi connectivity index (χ2v) is 5.78. The largest absolute Gasteiger partial charge is 0.506 e. The van der Waals surface area contributed by atoms with Crippen LogP contribution in [0.2, 0.25) is 5.02 Å². The van der Waals surface area contributed by atoms with Gasteiger partial charge in [0.05, 0.1) is 23.6 Å². The van der Waals surface area contributed by atoms with E-state index in [0.29, 0.717) is 0 Å². The minimum Gasteiger partial charge on any atom is -0.506 e. The average molecular weight is 359 g/mol. The van der Waals surface area contributed by atoms with E-state index in [1.165, 1.54) is 16.8 Å². The summed E-state index contributed by atoms with van der Waals surface area (Å²) in [7, 11) is 0. The van der Waals surface area contributed by atoms with Gasteiger partial charge < -0.3 is 9.84 Å². The Hall–Kier alpha value is -2.86. The maximum Gasteiger partial charge on any atom is 0.347 e. The van der Waals surface area contributed by atoms with E-state index in [2.05, 4.69) is 4.98 Å². The second kappa shape index (κ2) is 6.94. The first-order valence-corrected chi connectivity index (χ1v) is 8.02. The maximum absolute atomic E-state index is 12.8. The number of fused-ring (bicyclic) bond motifs is 1. The van der Waals surface area contributed by atoms with E-state index in [4.69, 9.17) is 16.3 Å². The number of esters is 1. The lowest BCUT2D eigenvalue weighted by atomic mass is 10.1. The average Bonchev–Trinajstić information content (AvgIpc) is 2.60. The standard InChI is InChI=1S/C18H15ClN2O4/c1-2-25-18(24)14-15(22)13-8-12(19)9-20-16(13)21(17(14)23)10-11-6-4-3-5-7-11/h3-9,22H,2,10H2,1H3. The molecule has 0 aliphatic rings. The molecule has 25 heavy (non-hydrogen) atoms. The molecule has 0 saturated carbocycles. The van der Waals surface area contributed by atoms with Crippen LogP contribution in [0.3, 0.4) is 0 Å². The smallest absolute Gasteiger partial charge is 0.347 e. The fourth-order valence-corrected chi connectivity index (χ4v) is 2.75. The molecule has 6 nitrogen and oxygen atoms in total. The number of rotatable bonds is 4. The second-order valence-electron chi connectivity index (χ2n) is 5.35. The highest BCUT2D eigenvalue weighted by atomic mass is 35.5. The predicted octanol–water partition coefficient (Wildman–Crippen LogP) is 2.98. The van der Waals surface area contributed by atoms with Gasteiger partial charge in [0.1, 0.15) is 11.4 Å². The summed E-state index contributed by atoms with van der Waals surface area (Å²) in [6, 6.07) is 10.7. The normalized spacial score (nSPS) is 10.8. The number of carbonyl (C=O) groups excluding carboxylic acids is 1. The molecular weight excluding hydrogens is 344 g/mol. The molecule has 2 heterocycles. The molecule has 3 aromatic rings. The molecule has 0 unspecified atom stereocenters. The van der Waals surface area contributed by atoms with Crippen molar-refractivity contribution in [3.63, 3.8) is 0 Å². The molecule has 0 spiro atoms. The molecule has 3 rings (SSSR count). The van der Waals surface area contributed by atoms with Gasteiger partial charge in [0, 0.05) is 6.20 Å². The van der Waals surface area contributed by atoms with E-state index in [1.54, 1.807) is 6.92 Å². The lowest BCUT2D eigenvalue weighted by molar-refractivity contribution is 0.0520. The van der Waals surface area contributed by atoms with Crippen molar-refractivity contribution >= 4 is 28.6 Å². The van der Waals surface area contributed by atoms with Gasteiger partial charge in [-0.2, -0.15) is 0 Å². The lowest BCUT2D eigenvalue weighted by Gasteiger charge is -2.14. The van der Waals surface area contributed by atoms with Crippen LogP contribution < -0.4 is 5.56 Å². The van der Waals surface area contributed by atoms with Crippen LogP contribution >= 0.6 is 11.6 Å². The number of halogens is 1. The van der Waals surface area contributed by atoms with Gasteiger partial charge in [-0.25, -0.2) is 9.78 Å². The predicted molar refractivity (Wildman–Crippen MR) is 94.2 cm³/mol. The van der Waals surface area contributed by atoms with Crippen LogP contribution in [0.5, 0.6) is 5.75 Å². The zero-order chi connectivity index (χ0) is 18.0. The van der Waals surface area contributed by atoms with Gasteiger partial charge in [0.25, 0.3) is 5.56 Å². The number of pyridine rings is 2. The Kier molecular flexibility index (Phi) is 4.72. The highest BCUT2D eigenvalue weighted by Crippen LogP contribution is 2.28. The summed E-state index contributed by atoms with van der Waals surface area (Å²) in [6.45, 7) is 1.90. The number of aromatic hydroxyl groups is 1. The number of carbonyl (C=O) groups is 1. The minimum atomic E-state index is -0.881. The fraction of sp³-hybridized carbons (Fsp3) is 0.167. The first-order valence-electron chi connectivity index (χ1n) is 7.65. The van der Waals surface area contributed by atoms with Crippen LogP contribution in [0.4, 0.5) is 0 Å². The summed E-state index contributed by atoms with van der Waals surface area (Å²) in [6.07, 6.45) is 1.38. The first-order chi connectivity index (χ1) is 12.0. The maximum atomic E-state index is 12.8. The Balaban J connectivity index is 2.30. The van der Waals surface area contributed by atoms with Gasteiger partial charge >= 0.3 is 5.97 Å². The van der Waals surface area contributed by atoms with E-state index >= 15 is 0 Å². The topological polar surface area (TPSA) is 81.4 Å². The number of hydrogen-bond donors (Lipinski definition) is 1. The number of ether oxygens (including phenoxy) is 1. The molecule has 0 bridgehead atoms. The first kappa shape index (κ1) is 17.0. The van der Waals surface area contributed by atoms with Gasteiger partial charge in [-0.3, -0.25) is 9.36 Å². The quantitative estimate of drug-likeness (QED) is 0.725. The SMILES string of the molecule is CCOC(=O)c1c(O)c2cc(Cl)cnc2n(Cc2ccccc2)c1=O. The molecular formula is C18H15ClN2O4. The Bertz CT molecular complexity index is 999. The van der Waals surface area contributed by atoms with Crippen molar-refractivity contribution in [1.29, 1.82) is 0 Å². The molecule has 0 aliphatic heterocycles. The van der Waals surface area contributed by atoms with Crippen LogP contribution in [0.25, 0.3) is 11.0 Å². The molecule has 0 saturated heterocycles. The van der Waals surface area contributed by atoms with Crippen LogP contribution in [0.1, 0.15) is 22.8 Å². The third-order valence-electron chi connectivity index (χ3n) is 3.70. The van der Waals surface area contributed by atoms with Gasteiger partial charge in [-0.05, 0) is 18.6 Å². The van der Waals surface area contributed by atoms with Crippen molar-refractivity contribution in [3.8, 4) is 5.75 Å². The Morgan fingerprint density at radius 3 is 2.72 bits per heavy atom. The van der Waals surface area contributed by atoms with E-state index in [9.17, 15) is 14.7 Å². The van der Waals surface area contributed by atoms with E-state index in [1.807, 2.05) is 30.3 Å². The summed E-state index contributed by atoms with van der Waals surface area (Å²) in [4.78, 5) is 29.2. The molecule has 0 radical (unpaired) electrons. The summed E-state index contributed by atoms with van der Waals surface area (Å²) in [5.74, 6) is -1.36. The fourth-order valence-electron chi connectivity index (χ4n) is 2.59. The number of benzene rings is 1. The van der Waals surface area contributed by atoms with Gasteiger partial charge in [-0.1, -0.05) is 41.9 Å². The Morgan fingerprint density at radius 2 is 2.04 bits per heavy atom. The molecule has 1 aromatic carbocycles. The van der Waals surface area contributed by atoms with Crippen molar-refractivity contribution < 1.29 is 14.6 Å².